The number of aryl methyl sites for hydroxylation is 1. The van der Waals surface area contributed by atoms with E-state index in [0.29, 0.717) is 19.0 Å². The number of carbonyl (C=O) groups is 1. The molecule has 1 saturated carbocycles. The molecule has 1 aromatic heterocycles. The fourth-order valence-corrected chi connectivity index (χ4v) is 2.78. The summed E-state index contributed by atoms with van der Waals surface area (Å²) in [6.45, 7) is 0.645. The third-order valence-electron chi connectivity index (χ3n) is 3.82. The van der Waals surface area contributed by atoms with Crippen LogP contribution in [0.25, 0.3) is 10.9 Å². The van der Waals surface area contributed by atoms with E-state index in [4.69, 9.17) is 0 Å². The molecule has 0 aliphatic heterocycles. The zero-order valence-corrected chi connectivity index (χ0v) is 11.0. The molecule has 0 radical (unpaired) electrons. The first-order chi connectivity index (χ1) is 9.33. The SMILES string of the molecule is O=C(CCn1ncc2ccccc21)NC1CCCC1. The Balaban J connectivity index is 1.58. The molecule has 1 fully saturated rings. The van der Waals surface area contributed by atoms with Gasteiger partial charge in [-0.3, -0.25) is 9.48 Å². The van der Waals surface area contributed by atoms with Gasteiger partial charge in [-0.25, -0.2) is 0 Å². The van der Waals surface area contributed by atoms with Crippen molar-refractivity contribution >= 4 is 16.8 Å². The van der Waals surface area contributed by atoms with E-state index in [0.717, 1.165) is 23.7 Å². The highest BCUT2D eigenvalue weighted by atomic mass is 16.1. The summed E-state index contributed by atoms with van der Waals surface area (Å²) in [5, 5.41) is 8.57. The first kappa shape index (κ1) is 12.2. The van der Waals surface area contributed by atoms with Crippen molar-refractivity contribution in [2.24, 2.45) is 0 Å². The zero-order chi connectivity index (χ0) is 13.1. The van der Waals surface area contributed by atoms with Crippen LogP contribution in [-0.4, -0.2) is 21.7 Å². The molecule has 0 atom stereocenters. The van der Waals surface area contributed by atoms with Gasteiger partial charge in [0.2, 0.25) is 5.91 Å². The number of hydrogen-bond acceptors (Lipinski definition) is 2. The van der Waals surface area contributed by atoms with Crippen LogP contribution in [-0.2, 0) is 11.3 Å². The maximum atomic E-state index is 11.9. The van der Waals surface area contributed by atoms with Gasteiger partial charge in [-0.05, 0) is 18.9 Å². The summed E-state index contributed by atoms with van der Waals surface area (Å²) in [4.78, 5) is 11.9. The molecule has 19 heavy (non-hydrogen) atoms. The minimum Gasteiger partial charge on any atom is -0.353 e. The van der Waals surface area contributed by atoms with E-state index in [9.17, 15) is 4.79 Å². The quantitative estimate of drug-likeness (QED) is 0.914. The number of fused-ring (bicyclic) bond motifs is 1. The van der Waals surface area contributed by atoms with Crippen LogP contribution < -0.4 is 5.32 Å². The van der Waals surface area contributed by atoms with Crippen molar-refractivity contribution in [3.8, 4) is 0 Å². The summed E-state index contributed by atoms with van der Waals surface area (Å²) < 4.78 is 1.91. The van der Waals surface area contributed by atoms with E-state index in [1.807, 2.05) is 35.1 Å². The van der Waals surface area contributed by atoms with Crippen LogP contribution in [0.4, 0.5) is 0 Å². The average molecular weight is 257 g/mol. The lowest BCUT2D eigenvalue weighted by atomic mass is 10.2. The van der Waals surface area contributed by atoms with Gasteiger partial charge in [0.15, 0.2) is 0 Å². The van der Waals surface area contributed by atoms with Crippen molar-refractivity contribution in [2.45, 2.75) is 44.7 Å². The minimum absolute atomic E-state index is 0.145. The Kier molecular flexibility index (Phi) is 3.49. The summed E-state index contributed by atoms with van der Waals surface area (Å²) in [5.74, 6) is 0.145. The average Bonchev–Trinajstić information content (AvgIpc) is 3.05. The highest BCUT2D eigenvalue weighted by Gasteiger charge is 2.16. The van der Waals surface area contributed by atoms with Gasteiger partial charge in [-0.1, -0.05) is 31.0 Å². The Morgan fingerprint density at radius 1 is 1.32 bits per heavy atom. The van der Waals surface area contributed by atoms with E-state index in [2.05, 4.69) is 10.4 Å². The van der Waals surface area contributed by atoms with Gasteiger partial charge in [-0.2, -0.15) is 5.10 Å². The lowest BCUT2D eigenvalue weighted by Crippen LogP contribution is -2.33. The normalized spacial score (nSPS) is 16.0. The molecule has 1 aliphatic carbocycles. The molecule has 0 unspecified atom stereocenters. The molecule has 1 amide bonds. The van der Waals surface area contributed by atoms with E-state index >= 15 is 0 Å². The predicted molar refractivity (Wildman–Crippen MR) is 74.7 cm³/mol. The number of nitrogens with zero attached hydrogens (tertiary/aromatic N) is 2. The number of amides is 1. The Labute approximate surface area is 112 Å². The standard InChI is InChI=1S/C15H19N3O/c19-15(17-13-6-2-3-7-13)9-10-18-14-8-4-1-5-12(14)11-16-18/h1,4-5,8,11,13H,2-3,6-7,9-10H2,(H,17,19). The Morgan fingerprint density at radius 3 is 2.95 bits per heavy atom. The monoisotopic (exact) mass is 257 g/mol. The molecule has 3 rings (SSSR count). The number of nitrogens with one attached hydrogen (secondary N) is 1. The minimum atomic E-state index is 0.145. The van der Waals surface area contributed by atoms with Crippen LogP contribution in [0.5, 0.6) is 0 Å². The fourth-order valence-electron chi connectivity index (χ4n) is 2.78. The smallest absolute Gasteiger partial charge is 0.222 e. The van der Waals surface area contributed by atoms with Crippen molar-refractivity contribution < 1.29 is 4.79 Å². The molecule has 100 valence electrons. The third kappa shape index (κ3) is 2.78. The fraction of sp³-hybridized carbons (Fsp3) is 0.467. The van der Waals surface area contributed by atoms with Gasteiger partial charge in [0.05, 0.1) is 18.3 Å². The lowest BCUT2D eigenvalue weighted by molar-refractivity contribution is -0.122. The molecule has 1 aliphatic rings. The van der Waals surface area contributed by atoms with Gasteiger partial charge >= 0.3 is 0 Å². The van der Waals surface area contributed by atoms with Gasteiger partial charge in [-0.15, -0.1) is 0 Å². The van der Waals surface area contributed by atoms with E-state index in [1.165, 1.54) is 12.8 Å². The van der Waals surface area contributed by atoms with Crippen LogP contribution in [0, 0.1) is 0 Å². The maximum Gasteiger partial charge on any atom is 0.222 e. The van der Waals surface area contributed by atoms with Gasteiger partial charge in [0, 0.05) is 17.8 Å². The topological polar surface area (TPSA) is 46.9 Å². The molecular formula is C15H19N3O. The molecular weight excluding hydrogens is 238 g/mol. The summed E-state index contributed by atoms with van der Waals surface area (Å²) in [6.07, 6.45) is 7.11. The lowest BCUT2D eigenvalue weighted by Gasteiger charge is -2.11. The van der Waals surface area contributed by atoms with Crippen LogP contribution in [0.1, 0.15) is 32.1 Å². The zero-order valence-electron chi connectivity index (χ0n) is 11.0. The largest absolute Gasteiger partial charge is 0.353 e. The maximum absolute atomic E-state index is 11.9. The summed E-state index contributed by atoms with van der Waals surface area (Å²) in [5.41, 5.74) is 1.09. The second-order valence-corrected chi connectivity index (χ2v) is 5.23. The van der Waals surface area contributed by atoms with Gasteiger partial charge in [0.1, 0.15) is 0 Å². The van der Waals surface area contributed by atoms with Crippen molar-refractivity contribution in [1.29, 1.82) is 0 Å². The van der Waals surface area contributed by atoms with E-state index < -0.39 is 0 Å². The summed E-state index contributed by atoms with van der Waals surface area (Å²) in [7, 11) is 0. The number of aromatic nitrogens is 2. The highest BCUT2D eigenvalue weighted by molar-refractivity contribution is 5.79. The van der Waals surface area contributed by atoms with Gasteiger partial charge in [0.25, 0.3) is 0 Å². The van der Waals surface area contributed by atoms with Crippen LogP contribution in [0.3, 0.4) is 0 Å². The van der Waals surface area contributed by atoms with Crippen LogP contribution in [0.2, 0.25) is 0 Å². The molecule has 0 spiro atoms. The molecule has 1 N–H and O–H groups in total. The number of carbonyl (C=O) groups excluding carboxylic acids is 1. The molecule has 0 saturated heterocycles. The van der Waals surface area contributed by atoms with Gasteiger partial charge < -0.3 is 5.32 Å². The second-order valence-electron chi connectivity index (χ2n) is 5.23. The second kappa shape index (κ2) is 5.43. The molecule has 0 bridgehead atoms. The van der Waals surface area contributed by atoms with E-state index in [1.54, 1.807) is 0 Å². The third-order valence-corrected chi connectivity index (χ3v) is 3.82. The predicted octanol–water partition coefficient (Wildman–Crippen LogP) is 2.49. The number of para-hydroxylation sites is 1. The van der Waals surface area contributed by atoms with E-state index in [-0.39, 0.29) is 5.91 Å². The first-order valence-corrected chi connectivity index (χ1v) is 7.03. The molecule has 1 heterocycles. The van der Waals surface area contributed by atoms with Crippen molar-refractivity contribution in [3.63, 3.8) is 0 Å². The van der Waals surface area contributed by atoms with Crippen LogP contribution in [0.15, 0.2) is 30.5 Å². The summed E-state index contributed by atoms with van der Waals surface area (Å²) in [6, 6.07) is 8.48. The van der Waals surface area contributed by atoms with Crippen molar-refractivity contribution in [3.05, 3.63) is 30.5 Å². The molecule has 2 aromatic rings. The Bertz CT molecular complexity index is 570. The van der Waals surface area contributed by atoms with Crippen molar-refractivity contribution in [2.75, 3.05) is 0 Å². The molecule has 4 heteroatoms. The highest BCUT2D eigenvalue weighted by Crippen LogP contribution is 2.18. The van der Waals surface area contributed by atoms with Crippen molar-refractivity contribution in [1.82, 2.24) is 15.1 Å². The Morgan fingerprint density at radius 2 is 2.11 bits per heavy atom. The molecule has 4 nitrogen and oxygen atoms in total. The Hall–Kier alpha value is -1.84. The molecule has 1 aromatic carbocycles. The van der Waals surface area contributed by atoms with Crippen LogP contribution >= 0.6 is 0 Å². The number of rotatable bonds is 4. The number of benzene rings is 1. The number of hydrogen-bond donors (Lipinski definition) is 1. The first-order valence-electron chi connectivity index (χ1n) is 7.03. The summed E-state index contributed by atoms with van der Waals surface area (Å²) >= 11 is 0.